The summed E-state index contributed by atoms with van der Waals surface area (Å²) in [6, 6.07) is 8.71. The molecular weight excluding hydrogens is 432 g/mol. The molecule has 0 bridgehead atoms. The fourth-order valence-corrected chi connectivity index (χ4v) is 3.42. The normalized spacial score (nSPS) is 11.1. The first-order chi connectivity index (χ1) is 13.3. The molecule has 0 spiro atoms. The highest BCUT2D eigenvalue weighted by Gasteiger charge is 2.18. The molecule has 2 aromatic heterocycles. The monoisotopic (exact) mass is 443 g/mol. The van der Waals surface area contributed by atoms with Crippen LogP contribution < -0.4 is 10.7 Å². The number of aromatic amines is 1. The topological polar surface area (TPSA) is 74.8 Å². The second kappa shape index (κ2) is 6.79. The Balaban J connectivity index is 1.82. The van der Waals surface area contributed by atoms with Crippen molar-refractivity contribution >= 4 is 49.3 Å². The molecular formula is C20H12BrF2N3O2. The van der Waals surface area contributed by atoms with Gasteiger partial charge >= 0.3 is 0 Å². The van der Waals surface area contributed by atoms with Crippen molar-refractivity contribution in [2.75, 3.05) is 5.32 Å². The van der Waals surface area contributed by atoms with Crippen molar-refractivity contribution in [2.24, 2.45) is 0 Å². The molecule has 0 atom stereocenters. The first-order valence-electron chi connectivity index (χ1n) is 8.22. The number of rotatable bonds is 2. The number of hydrogen-bond donors (Lipinski definition) is 2. The van der Waals surface area contributed by atoms with Crippen LogP contribution in [0.1, 0.15) is 16.1 Å². The van der Waals surface area contributed by atoms with E-state index in [2.05, 4.69) is 31.2 Å². The Hall–Kier alpha value is -3.13. The number of amides is 1. The van der Waals surface area contributed by atoms with Crippen molar-refractivity contribution in [1.82, 2.24) is 9.97 Å². The lowest BCUT2D eigenvalue weighted by molar-refractivity contribution is 0.102. The third-order valence-electron chi connectivity index (χ3n) is 4.29. The van der Waals surface area contributed by atoms with Crippen LogP contribution in [0.2, 0.25) is 0 Å². The molecule has 0 aliphatic rings. The highest BCUT2D eigenvalue weighted by atomic mass is 79.9. The number of nitrogens with zero attached hydrogens (tertiary/aromatic N) is 1. The predicted octanol–water partition coefficient (Wildman–Crippen LogP) is 4.68. The minimum atomic E-state index is -1.03. The smallest absolute Gasteiger partial charge is 0.261 e. The molecule has 0 radical (unpaired) electrons. The summed E-state index contributed by atoms with van der Waals surface area (Å²) in [4.78, 5) is 32.4. The Kier molecular flexibility index (Phi) is 4.43. The molecule has 1 amide bonds. The zero-order chi connectivity index (χ0) is 20.0. The summed E-state index contributed by atoms with van der Waals surface area (Å²) in [5.74, 6) is -2.55. The second-order valence-electron chi connectivity index (χ2n) is 6.27. The van der Waals surface area contributed by atoms with Crippen molar-refractivity contribution < 1.29 is 13.6 Å². The zero-order valence-electron chi connectivity index (χ0n) is 14.4. The molecule has 4 aromatic rings. The lowest BCUT2D eigenvalue weighted by Gasteiger charge is -2.10. The number of H-pyrrole nitrogens is 1. The molecule has 0 aliphatic heterocycles. The summed E-state index contributed by atoms with van der Waals surface area (Å²) in [5.41, 5.74) is 0.697. The van der Waals surface area contributed by atoms with E-state index in [1.807, 2.05) is 6.07 Å². The van der Waals surface area contributed by atoms with Gasteiger partial charge in [0.05, 0.1) is 22.1 Å². The summed E-state index contributed by atoms with van der Waals surface area (Å²) in [6.45, 7) is 1.78. The number of aryl methyl sites for hydroxylation is 1. The molecule has 2 N–H and O–H groups in total. The van der Waals surface area contributed by atoms with Gasteiger partial charge in [0, 0.05) is 27.8 Å². The number of anilines is 1. The van der Waals surface area contributed by atoms with Crippen molar-refractivity contribution in [2.45, 2.75) is 6.92 Å². The van der Waals surface area contributed by atoms with E-state index in [1.165, 1.54) is 0 Å². The van der Waals surface area contributed by atoms with Gasteiger partial charge in [-0.25, -0.2) is 8.78 Å². The molecule has 2 heterocycles. The van der Waals surface area contributed by atoms with Gasteiger partial charge in [0.2, 0.25) is 5.43 Å². The van der Waals surface area contributed by atoms with Crippen LogP contribution in [0.5, 0.6) is 0 Å². The molecule has 28 heavy (non-hydrogen) atoms. The van der Waals surface area contributed by atoms with E-state index in [0.29, 0.717) is 28.4 Å². The third-order valence-corrected chi connectivity index (χ3v) is 4.78. The van der Waals surface area contributed by atoms with E-state index in [1.54, 1.807) is 25.1 Å². The fourth-order valence-electron chi connectivity index (χ4n) is 3.06. The molecule has 0 saturated carbocycles. The van der Waals surface area contributed by atoms with Gasteiger partial charge in [-0.2, -0.15) is 0 Å². The molecule has 140 valence electrons. The number of aromatic nitrogens is 2. The van der Waals surface area contributed by atoms with Gasteiger partial charge in [-0.05, 0) is 37.3 Å². The van der Waals surface area contributed by atoms with Crippen molar-refractivity contribution in [3.63, 3.8) is 0 Å². The first kappa shape index (κ1) is 18.2. The van der Waals surface area contributed by atoms with Crippen molar-refractivity contribution in [3.8, 4) is 0 Å². The molecule has 0 saturated heterocycles. The molecule has 8 heteroatoms. The van der Waals surface area contributed by atoms with E-state index in [4.69, 9.17) is 0 Å². The van der Waals surface area contributed by atoms with E-state index >= 15 is 0 Å². The lowest BCUT2D eigenvalue weighted by Crippen LogP contribution is -2.22. The number of fused-ring (bicyclic) bond motifs is 2. The molecule has 0 aliphatic carbocycles. The molecule has 0 unspecified atom stereocenters. The fraction of sp³-hybridized carbons (Fsp3) is 0.0500. The average molecular weight is 444 g/mol. The Bertz CT molecular complexity index is 1330. The van der Waals surface area contributed by atoms with Crippen LogP contribution in [0.15, 0.2) is 51.9 Å². The average Bonchev–Trinajstić information content (AvgIpc) is 2.61. The summed E-state index contributed by atoms with van der Waals surface area (Å²) in [7, 11) is 0. The summed E-state index contributed by atoms with van der Waals surface area (Å²) >= 11 is 3.38. The number of carbonyl (C=O) groups excluding carboxylic acids is 1. The Morgan fingerprint density at radius 2 is 1.96 bits per heavy atom. The van der Waals surface area contributed by atoms with Gasteiger partial charge in [0.15, 0.2) is 0 Å². The molecule has 5 nitrogen and oxygen atoms in total. The quantitative estimate of drug-likeness (QED) is 0.472. The van der Waals surface area contributed by atoms with Crippen LogP contribution in [-0.4, -0.2) is 15.9 Å². The van der Waals surface area contributed by atoms with Crippen LogP contribution in [0.4, 0.5) is 14.5 Å². The van der Waals surface area contributed by atoms with E-state index in [9.17, 15) is 18.4 Å². The second-order valence-corrected chi connectivity index (χ2v) is 7.18. The summed E-state index contributed by atoms with van der Waals surface area (Å²) in [6.07, 6.45) is 1.14. The van der Waals surface area contributed by atoms with Gasteiger partial charge in [0.25, 0.3) is 5.91 Å². The largest absolute Gasteiger partial charge is 0.360 e. The van der Waals surface area contributed by atoms with Gasteiger partial charge in [-0.15, -0.1) is 0 Å². The van der Waals surface area contributed by atoms with Crippen LogP contribution in [-0.2, 0) is 0 Å². The molecule has 4 rings (SSSR count). The van der Waals surface area contributed by atoms with Crippen molar-refractivity contribution in [1.29, 1.82) is 0 Å². The third kappa shape index (κ3) is 3.16. The Morgan fingerprint density at radius 1 is 1.18 bits per heavy atom. The minimum Gasteiger partial charge on any atom is -0.360 e. The molecule has 2 aromatic carbocycles. The number of halogens is 3. The van der Waals surface area contributed by atoms with Gasteiger partial charge in [-0.3, -0.25) is 14.6 Å². The standard InChI is InChI=1S/C20H12BrF2N3O2/c1-9-4-16(12-5-10(21)2-3-15(12)25-9)26-20(28)13-8-24-17-7-11(22)6-14(23)18(17)19(13)27/h2-8H,1H3,(H,24,27)(H,25,26,28). The highest BCUT2D eigenvalue weighted by molar-refractivity contribution is 9.10. The number of benzene rings is 2. The first-order valence-corrected chi connectivity index (χ1v) is 9.01. The highest BCUT2D eigenvalue weighted by Crippen LogP contribution is 2.27. The number of nitrogens with one attached hydrogen (secondary N) is 2. The maximum Gasteiger partial charge on any atom is 0.261 e. The van der Waals surface area contributed by atoms with Crippen molar-refractivity contribution in [3.05, 3.63) is 80.2 Å². The predicted molar refractivity (Wildman–Crippen MR) is 107 cm³/mol. The number of carbonyl (C=O) groups is 1. The maximum absolute atomic E-state index is 14.1. The molecule has 0 fully saturated rings. The van der Waals surface area contributed by atoms with Gasteiger partial charge in [0.1, 0.15) is 17.2 Å². The maximum atomic E-state index is 14.1. The Labute approximate surface area is 165 Å². The SMILES string of the molecule is Cc1cc(NC(=O)c2c[nH]c3cc(F)cc(F)c3c2=O)c2cc(Br)ccc2n1. The van der Waals surface area contributed by atoms with Crippen LogP contribution in [0.25, 0.3) is 21.8 Å². The van der Waals surface area contributed by atoms with E-state index < -0.39 is 23.0 Å². The van der Waals surface area contributed by atoms with Gasteiger partial charge < -0.3 is 10.3 Å². The van der Waals surface area contributed by atoms with E-state index in [0.717, 1.165) is 16.7 Å². The lowest BCUT2D eigenvalue weighted by atomic mass is 10.1. The summed E-state index contributed by atoms with van der Waals surface area (Å²) in [5, 5.41) is 3.00. The van der Waals surface area contributed by atoms with Crippen LogP contribution >= 0.6 is 15.9 Å². The number of pyridine rings is 2. The van der Waals surface area contributed by atoms with Crippen LogP contribution in [0.3, 0.4) is 0 Å². The summed E-state index contributed by atoms with van der Waals surface area (Å²) < 4.78 is 28.2. The Morgan fingerprint density at radius 3 is 2.75 bits per heavy atom. The van der Waals surface area contributed by atoms with Gasteiger partial charge in [-0.1, -0.05) is 15.9 Å². The van der Waals surface area contributed by atoms with Crippen LogP contribution in [0, 0.1) is 18.6 Å². The minimum absolute atomic E-state index is 0.0202. The van der Waals surface area contributed by atoms with E-state index in [-0.39, 0.29) is 16.5 Å². The number of hydrogen-bond acceptors (Lipinski definition) is 3. The zero-order valence-corrected chi connectivity index (χ0v) is 16.0.